The van der Waals surface area contributed by atoms with E-state index in [1.807, 2.05) is 0 Å². The first-order chi connectivity index (χ1) is 10.0. The highest BCUT2D eigenvalue weighted by molar-refractivity contribution is 7.99. The molecule has 2 aromatic heterocycles. The summed E-state index contributed by atoms with van der Waals surface area (Å²) in [7, 11) is 0. The number of amides is 1. The maximum Gasteiger partial charge on any atom is 0.322 e. The number of rotatable bonds is 6. The van der Waals surface area contributed by atoms with Crippen LogP contribution in [0.2, 0.25) is 0 Å². The van der Waals surface area contributed by atoms with Crippen molar-refractivity contribution in [2.24, 2.45) is 0 Å². The summed E-state index contributed by atoms with van der Waals surface area (Å²) in [6.45, 7) is 3.05. The first kappa shape index (κ1) is 14.9. The third-order valence-corrected chi connectivity index (χ3v) is 3.46. The Labute approximate surface area is 123 Å². The summed E-state index contributed by atoms with van der Waals surface area (Å²) in [5.41, 5.74) is 0.0427. The highest BCUT2D eigenvalue weighted by Crippen LogP contribution is 2.28. The molecule has 2 rings (SSSR count). The smallest absolute Gasteiger partial charge is 0.322 e. The molecule has 2 heterocycles. The fourth-order valence-electron chi connectivity index (χ4n) is 1.65. The van der Waals surface area contributed by atoms with Gasteiger partial charge < -0.3 is 15.5 Å². The van der Waals surface area contributed by atoms with E-state index in [2.05, 4.69) is 22.0 Å². The zero-order valence-electron chi connectivity index (χ0n) is 10.8. The topological polar surface area (TPSA) is 117 Å². The van der Waals surface area contributed by atoms with Gasteiger partial charge in [0.15, 0.2) is 5.65 Å². The molecule has 0 saturated carbocycles. The lowest BCUT2D eigenvalue weighted by molar-refractivity contribution is -0.135. The minimum atomic E-state index is -1.18. The van der Waals surface area contributed by atoms with E-state index in [-0.39, 0.29) is 17.0 Å². The summed E-state index contributed by atoms with van der Waals surface area (Å²) in [5.74, 6) is -1.60. The second-order valence-electron chi connectivity index (χ2n) is 3.91. The van der Waals surface area contributed by atoms with Crippen molar-refractivity contribution in [3.8, 4) is 5.75 Å². The van der Waals surface area contributed by atoms with E-state index in [9.17, 15) is 14.7 Å². The molecule has 21 heavy (non-hydrogen) atoms. The second kappa shape index (κ2) is 6.27. The Kier molecular flexibility index (Phi) is 4.43. The summed E-state index contributed by atoms with van der Waals surface area (Å²) in [6, 6.07) is 1.38. The van der Waals surface area contributed by atoms with Crippen molar-refractivity contribution in [1.82, 2.24) is 19.9 Å². The summed E-state index contributed by atoms with van der Waals surface area (Å²) in [4.78, 5) is 26.4. The van der Waals surface area contributed by atoms with Gasteiger partial charge in [-0.2, -0.15) is 5.10 Å². The molecule has 110 valence electrons. The molecule has 0 aliphatic rings. The predicted molar refractivity (Wildman–Crippen MR) is 75.5 cm³/mol. The largest absolute Gasteiger partial charge is 0.507 e. The van der Waals surface area contributed by atoms with Crippen LogP contribution in [0.25, 0.3) is 5.65 Å². The molecule has 0 aliphatic carbocycles. The SMILES string of the molecule is C=CCSc1cc(O)c(C(=O)NCC(=O)O)c2ncnn12. The maximum absolute atomic E-state index is 12.0. The quantitative estimate of drug-likeness (QED) is 0.526. The van der Waals surface area contributed by atoms with Gasteiger partial charge in [0, 0.05) is 11.8 Å². The van der Waals surface area contributed by atoms with E-state index in [1.165, 1.54) is 28.7 Å². The molecule has 0 atom stereocenters. The number of aromatic nitrogens is 3. The zero-order chi connectivity index (χ0) is 15.4. The molecule has 0 radical (unpaired) electrons. The molecule has 0 bridgehead atoms. The molecule has 8 nitrogen and oxygen atoms in total. The Morgan fingerprint density at radius 2 is 2.29 bits per heavy atom. The van der Waals surface area contributed by atoms with E-state index in [0.717, 1.165) is 0 Å². The number of nitrogens with zero attached hydrogens (tertiary/aromatic N) is 3. The Bertz CT molecular complexity index is 713. The van der Waals surface area contributed by atoms with Crippen molar-refractivity contribution >= 4 is 29.3 Å². The van der Waals surface area contributed by atoms with E-state index in [4.69, 9.17) is 5.11 Å². The lowest BCUT2D eigenvalue weighted by Crippen LogP contribution is -2.29. The van der Waals surface area contributed by atoms with E-state index in [0.29, 0.717) is 10.8 Å². The molecule has 1 amide bonds. The van der Waals surface area contributed by atoms with Gasteiger partial charge in [0.25, 0.3) is 5.91 Å². The molecular formula is C12H12N4O4S. The number of aliphatic carboxylic acids is 1. The van der Waals surface area contributed by atoms with Gasteiger partial charge in [0.1, 0.15) is 29.2 Å². The second-order valence-corrected chi connectivity index (χ2v) is 4.95. The molecule has 0 saturated heterocycles. The monoisotopic (exact) mass is 308 g/mol. The summed E-state index contributed by atoms with van der Waals surface area (Å²) in [5, 5.41) is 25.4. The van der Waals surface area contributed by atoms with Crippen LogP contribution >= 0.6 is 11.8 Å². The zero-order valence-corrected chi connectivity index (χ0v) is 11.6. The molecule has 2 aromatic rings. The van der Waals surface area contributed by atoms with Crippen molar-refractivity contribution in [2.45, 2.75) is 5.03 Å². The number of carboxylic acid groups (broad SMARTS) is 1. The van der Waals surface area contributed by atoms with Crippen molar-refractivity contribution in [1.29, 1.82) is 0 Å². The van der Waals surface area contributed by atoms with Gasteiger partial charge in [-0.1, -0.05) is 6.08 Å². The molecule has 3 N–H and O–H groups in total. The Hall–Kier alpha value is -2.55. The Morgan fingerprint density at radius 1 is 1.52 bits per heavy atom. The predicted octanol–water partition coefficient (Wildman–Crippen LogP) is 0.527. The molecular weight excluding hydrogens is 296 g/mol. The fourth-order valence-corrected chi connectivity index (χ4v) is 2.39. The molecule has 9 heteroatoms. The third-order valence-electron chi connectivity index (χ3n) is 2.47. The van der Waals surface area contributed by atoms with Crippen LogP contribution in [0, 0.1) is 0 Å². The van der Waals surface area contributed by atoms with Gasteiger partial charge in [-0.05, 0) is 0 Å². The van der Waals surface area contributed by atoms with Crippen LogP contribution < -0.4 is 5.32 Å². The van der Waals surface area contributed by atoms with E-state index < -0.39 is 18.4 Å². The molecule has 0 aliphatic heterocycles. The van der Waals surface area contributed by atoms with E-state index in [1.54, 1.807) is 6.08 Å². The molecule has 0 aromatic carbocycles. The van der Waals surface area contributed by atoms with Gasteiger partial charge in [-0.25, -0.2) is 9.50 Å². The van der Waals surface area contributed by atoms with Crippen molar-refractivity contribution in [3.05, 3.63) is 30.6 Å². The highest BCUT2D eigenvalue weighted by atomic mass is 32.2. The number of hydrogen-bond donors (Lipinski definition) is 3. The van der Waals surface area contributed by atoms with Crippen molar-refractivity contribution in [2.75, 3.05) is 12.3 Å². The minimum Gasteiger partial charge on any atom is -0.507 e. The number of thioether (sulfide) groups is 1. The van der Waals surface area contributed by atoms with Crippen LogP contribution in [0.15, 0.2) is 30.1 Å². The molecule has 0 unspecified atom stereocenters. The lowest BCUT2D eigenvalue weighted by atomic mass is 10.2. The maximum atomic E-state index is 12.0. The van der Waals surface area contributed by atoms with Gasteiger partial charge in [-0.15, -0.1) is 18.3 Å². The standard InChI is InChI=1S/C12H12N4O4S/c1-2-3-21-8-4-7(17)10(11-14-6-15-16(8)11)12(20)13-5-9(18)19/h2,4,6,17H,1,3,5H2,(H,13,20)(H,18,19). The molecule has 0 spiro atoms. The van der Waals surface area contributed by atoms with Crippen LogP contribution in [0.1, 0.15) is 10.4 Å². The number of fused-ring (bicyclic) bond motifs is 1. The van der Waals surface area contributed by atoms with Gasteiger partial charge >= 0.3 is 5.97 Å². The fraction of sp³-hybridized carbons (Fsp3) is 0.167. The lowest BCUT2D eigenvalue weighted by Gasteiger charge is -2.09. The normalized spacial score (nSPS) is 10.5. The first-order valence-electron chi connectivity index (χ1n) is 5.84. The molecule has 0 fully saturated rings. The number of carbonyl (C=O) groups is 2. The number of nitrogens with one attached hydrogen (secondary N) is 1. The summed E-state index contributed by atoms with van der Waals surface area (Å²) in [6.07, 6.45) is 2.94. The van der Waals surface area contributed by atoms with Crippen LogP contribution in [0.3, 0.4) is 0 Å². The van der Waals surface area contributed by atoms with Crippen LogP contribution in [-0.4, -0.2) is 49.0 Å². The van der Waals surface area contributed by atoms with Crippen molar-refractivity contribution in [3.63, 3.8) is 0 Å². The van der Waals surface area contributed by atoms with Gasteiger partial charge in [0.2, 0.25) is 0 Å². The van der Waals surface area contributed by atoms with Crippen molar-refractivity contribution < 1.29 is 19.8 Å². The highest BCUT2D eigenvalue weighted by Gasteiger charge is 2.20. The van der Waals surface area contributed by atoms with Gasteiger partial charge in [-0.3, -0.25) is 9.59 Å². The number of carbonyl (C=O) groups excluding carboxylic acids is 1. The first-order valence-corrected chi connectivity index (χ1v) is 6.82. The summed E-state index contributed by atoms with van der Waals surface area (Å²) >= 11 is 1.36. The number of aromatic hydroxyl groups is 1. The van der Waals surface area contributed by atoms with E-state index >= 15 is 0 Å². The van der Waals surface area contributed by atoms with Crippen LogP contribution in [0.4, 0.5) is 0 Å². The summed E-state index contributed by atoms with van der Waals surface area (Å²) < 4.78 is 1.41. The Balaban J connectivity index is 2.43. The van der Waals surface area contributed by atoms with Crippen LogP contribution in [0.5, 0.6) is 5.75 Å². The minimum absolute atomic E-state index is 0.114. The van der Waals surface area contributed by atoms with Crippen LogP contribution in [-0.2, 0) is 4.79 Å². The number of pyridine rings is 1. The van der Waals surface area contributed by atoms with Gasteiger partial charge in [0.05, 0.1) is 0 Å². The third kappa shape index (κ3) is 3.14. The number of carboxylic acids is 1. The Morgan fingerprint density at radius 3 is 2.95 bits per heavy atom. The average molecular weight is 308 g/mol. The number of hydrogen-bond acceptors (Lipinski definition) is 6. The average Bonchev–Trinajstić information content (AvgIpc) is 2.91.